The highest BCUT2D eigenvalue weighted by molar-refractivity contribution is 7.91. The van der Waals surface area contributed by atoms with Crippen LogP contribution in [0.3, 0.4) is 0 Å². The van der Waals surface area contributed by atoms with Gasteiger partial charge in [0, 0.05) is 11.1 Å². The maximum atomic E-state index is 13.4. The summed E-state index contributed by atoms with van der Waals surface area (Å²) in [5.41, 5.74) is 0.335. The summed E-state index contributed by atoms with van der Waals surface area (Å²) >= 11 is 5.78. The molecule has 2 rings (SSSR count). The zero-order valence-electron chi connectivity index (χ0n) is 9.12. The second-order valence-corrected chi connectivity index (χ2v) is 6.93. The van der Waals surface area contributed by atoms with Crippen molar-refractivity contribution in [3.63, 3.8) is 0 Å². The molecule has 0 amide bonds. The molecule has 1 N–H and O–H groups in total. The third-order valence-corrected chi connectivity index (χ3v) is 4.79. The maximum Gasteiger partial charge on any atom is 0.150 e. The summed E-state index contributed by atoms with van der Waals surface area (Å²) < 4.78 is 35.9. The molecule has 94 valence electrons. The van der Waals surface area contributed by atoms with Gasteiger partial charge in [-0.05, 0) is 31.0 Å². The lowest BCUT2D eigenvalue weighted by atomic mass is 10.1. The standard InChI is InChI=1S/C11H13ClFNO2S/c12-8-1-2-10(13)11(7-8)14-9-3-5-17(15,16)6-4-9/h1-2,7,9,14H,3-6H2. The molecule has 1 aromatic carbocycles. The van der Waals surface area contributed by atoms with Gasteiger partial charge in [0.15, 0.2) is 0 Å². The van der Waals surface area contributed by atoms with Crippen LogP contribution in [-0.4, -0.2) is 26.0 Å². The number of hydrogen-bond donors (Lipinski definition) is 1. The Morgan fingerprint density at radius 3 is 2.59 bits per heavy atom. The summed E-state index contributed by atoms with van der Waals surface area (Å²) in [5, 5.41) is 3.46. The second kappa shape index (κ2) is 4.82. The smallest absolute Gasteiger partial charge is 0.150 e. The van der Waals surface area contributed by atoms with Crippen LogP contribution in [-0.2, 0) is 9.84 Å². The van der Waals surface area contributed by atoms with E-state index in [2.05, 4.69) is 5.32 Å². The highest BCUT2D eigenvalue weighted by atomic mass is 35.5. The monoisotopic (exact) mass is 277 g/mol. The largest absolute Gasteiger partial charge is 0.380 e. The molecule has 0 bridgehead atoms. The van der Waals surface area contributed by atoms with Gasteiger partial charge in [0.25, 0.3) is 0 Å². The molecule has 0 radical (unpaired) electrons. The van der Waals surface area contributed by atoms with Gasteiger partial charge >= 0.3 is 0 Å². The van der Waals surface area contributed by atoms with E-state index in [9.17, 15) is 12.8 Å². The molecule has 0 unspecified atom stereocenters. The lowest BCUT2D eigenvalue weighted by Crippen LogP contribution is -2.32. The van der Waals surface area contributed by atoms with Crippen molar-refractivity contribution in [1.29, 1.82) is 0 Å². The summed E-state index contributed by atoms with van der Waals surface area (Å²) in [6, 6.07) is 4.28. The SMILES string of the molecule is O=S1(=O)CCC(Nc2cc(Cl)ccc2F)CC1. The summed E-state index contributed by atoms with van der Waals surface area (Å²) in [6.07, 6.45) is 1.02. The van der Waals surface area contributed by atoms with E-state index < -0.39 is 9.84 Å². The number of benzene rings is 1. The fourth-order valence-corrected chi connectivity index (χ4v) is 3.53. The summed E-state index contributed by atoms with van der Waals surface area (Å²) in [7, 11) is -2.89. The Morgan fingerprint density at radius 2 is 1.94 bits per heavy atom. The van der Waals surface area contributed by atoms with Gasteiger partial charge < -0.3 is 5.32 Å². The van der Waals surface area contributed by atoms with Gasteiger partial charge in [0.05, 0.1) is 17.2 Å². The van der Waals surface area contributed by atoms with Crippen LogP contribution < -0.4 is 5.32 Å². The number of rotatable bonds is 2. The van der Waals surface area contributed by atoms with Crippen LogP contribution in [0, 0.1) is 5.82 Å². The molecule has 1 fully saturated rings. The fraction of sp³-hybridized carbons (Fsp3) is 0.455. The van der Waals surface area contributed by atoms with Crippen molar-refractivity contribution in [1.82, 2.24) is 0 Å². The zero-order chi connectivity index (χ0) is 12.5. The molecule has 0 saturated carbocycles. The molecule has 0 atom stereocenters. The van der Waals surface area contributed by atoms with Gasteiger partial charge in [0.2, 0.25) is 0 Å². The molecule has 1 aliphatic heterocycles. The molecule has 17 heavy (non-hydrogen) atoms. The second-order valence-electron chi connectivity index (χ2n) is 4.19. The fourth-order valence-electron chi connectivity index (χ4n) is 1.86. The van der Waals surface area contributed by atoms with Crippen LogP contribution >= 0.6 is 11.6 Å². The van der Waals surface area contributed by atoms with Crippen molar-refractivity contribution in [2.24, 2.45) is 0 Å². The molecule has 6 heteroatoms. The molecule has 1 aliphatic rings. The van der Waals surface area contributed by atoms with Crippen LogP contribution in [0.15, 0.2) is 18.2 Å². The Morgan fingerprint density at radius 1 is 1.29 bits per heavy atom. The van der Waals surface area contributed by atoms with Crippen molar-refractivity contribution in [3.05, 3.63) is 29.0 Å². The molecule has 1 saturated heterocycles. The van der Waals surface area contributed by atoms with E-state index in [0.29, 0.717) is 23.6 Å². The van der Waals surface area contributed by atoms with E-state index >= 15 is 0 Å². The molecule has 1 heterocycles. The summed E-state index contributed by atoms with van der Waals surface area (Å²) in [4.78, 5) is 0. The van der Waals surface area contributed by atoms with Crippen molar-refractivity contribution >= 4 is 27.1 Å². The Hall–Kier alpha value is -0.810. The molecular formula is C11H13ClFNO2S. The molecule has 3 nitrogen and oxygen atoms in total. The molecule has 0 spiro atoms. The number of hydrogen-bond acceptors (Lipinski definition) is 3. The predicted octanol–water partition coefficient (Wildman–Crippen LogP) is 2.47. The minimum absolute atomic E-state index is 0.00788. The van der Waals surface area contributed by atoms with Crippen molar-refractivity contribution in [2.75, 3.05) is 16.8 Å². The first-order chi connectivity index (χ1) is 7.96. The molecular weight excluding hydrogens is 265 g/mol. The van der Waals surface area contributed by atoms with Crippen molar-refractivity contribution in [2.45, 2.75) is 18.9 Å². The van der Waals surface area contributed by atoms with Gasteiger partial charge in [0.1, 0.15) is 15.7 Å². The molecule has 0 aliphatic carbocycles. The Bertz CT molecular complexity index is 504. The minimum Gasteiger partial charge on any atom is -0.380 e. The van der Waals surface area contributed by atoms with Gasteiger partial charge in [-0.25, -0.2) is 12.8 Å². The third kappa shape index (κ3) is 3.33. The number of nitrogens with one attached hydrogen (secondary N) is 1. The van der Waals surface area contributed by atoms with E-state index in [1.54, 1.807) is 0 Å². The average Bonchev–Trinajstić information content (AvgIpc) is 2.26. The van der Waals surface area contributed by atoms with E-state index in [4.69, 9.17) is 11.6 Å². The first kappa shape index (κ1) is 12.6. The highest BCUT2D eigenvalue weighted by Gasteiger charge is 2.23. The van der Waals surface area contributed by atoms with Gasteiger partial charge in [-0.1, -0.05) is 11.6 Å². The third-order valence-electron chi connectivity index (χ3n) is 2.84. The van der Waals surface area contributed by atoms with Crippen LogP contribution in [0.25, 0.3) is 0 Å². The first-order valence-electron chi connectivity index (χ1n) is 5.38. The Labute approximate surface area is 105 Å². The van der Waals surface area contributed by atoms with Crippen molar-refractivity contribution < 1.29 is 12.8 Å². The minimum atomic E-state index is -2.89. The number of anilines is 1. The quantitative estimate of drug-likeness (QED) is 0.903. The Kier molecular flexibility index (Phi) is 3.58. The van der Waals surface area contributed by atoms with Crippen LogP contribution in [0.4, 0.5) is 10.1 Å². The average molecular weight is 278 g/mol. The van der Waals surface area contributed by atoms with Crippen LogP contribution in [0.2, 0.25) is 5.02 Å². The summed E-state index contributed by atoms with van der Waals surface area (Å²) in [6.45, 7) is 0. The summed E-state index contributed by atoms with van der Waals surface area (Å²) in [5.74, 6) is -0.0532. The normalized spacial score (nSPS) is 20.1. The van der Waals surface area contributed by atoms with E-state index in [1.165, 1.54) is 18.2 Å². The van der Waals surface area contributed by atoms with E-state index in [0.717, 1.165) is 0 Å². The van der Waals surface area contributed by atoms with Crippen LogP contribution in [0.5, 0.6) is 0 Å². The topological polar surface area (TPSA) is 46.2 Å². The number of halogens is 2. The molecule has 0 aromatic heterocycles. The van der Waals surface area contributed by atoms with E-state index in [1.807, 2.05) is 0 Å². The Balaban J connectivity index is 2.05. The highest BCUT2D eigenvalue weighted by Crippen LogP contribution is 2.23. The number of sulfone groups is 1. The lowest BCUT2D eigenvalue weighted by molar-refractivity contribution is 0.557. The lowest BCUT2D eigenvalue weighted by Gasteiger charge is -2.24. The van der Waals surface area contributed by atoms with Gasteiger partial charge in [-0.15, -0.1) is 0 Å². The van der Waals surface area contributed by atoms with Crippen molar-refractivity contribution in [3.8, 4) is 0 Å². The van der Waals surface area contributed by atoms with Crippen LogP contribution in [0.1, 0.15) is 12.8 Å². The van der Waals surface area contributed by atoms with E-state index in [-0.39, 0.29) is 23.4 Å². The van der Waals surface area contributed by atoms with Gasteiger partial charge in [-0.2, -0.15) is 0 Å². The first-order valence-corrected chi connectivity index (χ1v) is 7.58. The molecule has 1 aromatic rings. The predicted molar refractivity (Wildman–Crippen MR) is 66.7 cm³/mol. The maximum absolute atomic E-state index is 13.4. The zero-order valence-corrected chi connectivity index (χ0v) is 10.7. The van der Waals surface area contributed by atoms with Gasteiger partial charge in [-0.3, -0.25) is 0 Å².